The van der Waals surface area contributed by atoms with E-state index >= 15 is 0 Å². The van der Waals surface area contributed by atoms with E-state index in [1.54, 1.807) is 0 Å². The number of hydrazine groups is 1. The number of aliphatic hydroxyl groups is 1. The maximum atomic E-state index is 10.7. The van der Waals surface area contributed by atoms with Crippen LogP contribution < -0.4 is 0 Å². The van der Waals surface area contributed by atoms with Gasteiger partial charge in [-0.3, -0.25) is 0 Å². The van der Waals surface area contributed by atoms with E-state index in [1.807, 2.05) is 0 Å². The molecule has 66 valence electrons. The molecule has 0 spiro atoms. The van der Waals surface area contributed by atoms with Crippen LogP contribution >= 0.6 is 0 Å². The predicted octanol–water partition coefficient (Wildman–Crippen LogP) is -0.939. The Morgan fingerprint density at radius 1 is 1.67 bits per heavy atom. The minimum absolute atomic E-state index is 0. The van der Waals surface area contributed by atoms with Gasteiger partial charge in [0.15, 0.2) is 0 Å². The van der Waals surface area contributed by atoms with Gasteiger partial charge in [0.1, 0.15) is 6.04 Å². The molecule has 1 saturated heterocycles. The van der Waals surface area contributed by atoms with E-state index in [4.69, 9.17) is 10.3 Å². The van der Waals surface area contributed by atoms with Gasteiger partial charge >= 0.3 is 29.6 Å². The number of hydrogen-bond acceptors (Lipinski definition) is 3. The third-order valence-corrected chi connectivity index (χ3v) is 1.85. The molecule has 1 fully saturated rings. The Morgan fingerprint density at radius 2 is 2.33 bits per heavy atom. The van der Waals surface area contributed by atoms with Gasteiger partial charge < -0.3 is 15.5 Å². The summed E-state index contributed by atoms with van der Waals surface area (Å²) in [5, 5.41) is 31.3. The van der Waals surface area contributed by atoms with Crippen molar-refractivity contribution in [1.29, 1.82) is 0 Å². The van der Waals surface area contributed by atoms with Crippen molar-refractivity contribution in [3.8, 4) is 0 Å². The van der Waals surface area contributed by atoms with Gasteiger partial charge in [-0.2, -0.15) is 0 Å². The van der Waals surface area contributed by atoms with Crippen molar-refractivity contribution in [1.82, 2.24) is 5.01 Å². The van der Waals surface area contributed by atoms with Gasteiger partial charge in [-0.05, 0) is 12.8 Å². The minimum Gasteiger partial charge on any atom is -0.569 e. The van der Waals surface area contributed by atoms with Crippen LogP contribution in [-0.2, 0) is 0 Å². The van der Waals surface area contributed by atoms with Crippen LogP contribution in [0.1, 0.15) is 12.8 Å². The molecule has 0 aromatic rings. The molecule has 2 N–H and O–H groups in total. The number of aliphatic hydroxyl groups excluding tert-OH is 1. The first-order valence-electron chi connectivity index (χ1n) is 3.49. The summed E-state index contributed by atoms with van der Waals surface area (Å²) in [4.78, 5) is 0.119. The van der Waals surface area contributed by atoms with Crippen LogP contribution in [0.5, 0.6) is 0 Å². The molecule has 1 aliphatic heterocycles. The molecule has 1 unspecified atom stereocenters. The maximum absolute atomic E-state index is 10.7. The average Bonchev–Trinajstić information content (AvgIpc) is 2.50. The molecule has 0 aromatic heterocycles. The Labute approximate surface area is 92.3 Å². The third-order valence-electron chi connectivity index (χ3n) is 1.85. The van der Waals surface area contributed by atoms with Crippen molar-refractivity contribution in [2.24, 2.45) is 5.28 Å². The Morgan fingerprint density at radius 3 is 2.83 bits per heavy atom. The van der Waals surface area contributed by atoms with Gasteiger partial charge in [0, 0.05) is 0 Å². The summed E-state index contributed by atoms with van der Waals surface area (Å²) in [5.41, 5.74) is 0. The molecule has 1 heterocycles. The zero-order valence-electron chi connectivity index (χ0n) is 6.05. The zero-order valence-corrected chi connectivity index (χ0v) is 6.05. The van der Waals surface area contributed by atoms with Gasteiger partial charge in [-0.15, -0.1) is 5.01 Å². The summed E-state index contributed by atoms with van der Waals surface area (Å²) in [6, 6.07) is -0.191. The van der Waals surface area contributed by atoms with Gasteiger partial charge in [-0.25, -0.2) is 0 Å². The second-order valence-corrected chi connectivity index (χ2v) is 2.48. The van der Waals surface area contributed by atoms with Crippen molar-refractivity contribution in [2.45, 2.75) is 18.9 Å². The Kier molecular flexibility index (Phi) is 5.56. The molecule has 1 aliphatic rings. The molecule has 1 rings (SSSR count). The summed E-state index contributed by atoms with van der Waals surface area (Å²) < 4.78 is 0. The third kappa shape index (κ3) is 2.48. The molecule has 7 heteroatoms. The Balaban J connectivity index is 0.00000121. The van der Waals surface area contributed by atoms with E-state index in [0.717, 1.165) is 12.8 Å². The van der Waals surface area contributed by atoms with Gasteiger partial charge in [0.2, 0.25) is 5.28 Å². The van der Waals surface area contributed by atoms with E-state index < -0.39 is 0 Å². The Hall–Kier alpha value is -0.0400. The molecule has 0 radical (unpaired) electrons. The molecule has 6 nitrogen and oxygen atoms in total. The summed E-state index contributed by atoms with van der Waals surface area (Å²) in [6.45, 7) is 0.465. The number of rotatable bonds is 2. The SMILES string of the molecule is [NaH].[O-][N+](=NO)N1CCCC1CO. The van der Waals surface area contributed by atoms with Crippen LogP contribution in [0.25, 0.3) is 0 Å². The molecule has 12 heavy (non-hydrogen) atoms. The molecule has 0 saturated carbocycles. The van der Waals surface area contributed by atoms with Crippen LogP contribution in [0.15, 0.2) is 5.28 Å². The zero-order chi connectivity index (χ0) is 8.27. The van der Waals surface area contributed by atoms with Crippen LogP contribution in [0, 0.1) is 5.21 Å². The second-order valence-electron chi connectivity index (χ2n) is 2.48. The van der Waals surface area contributed by atoms with Crippen molar-refractivity contribution in [3.05, 3.63) is 5.21 Å². The molecule has 0 aromatic carbocycles. The largest absolute Gasteiger partial charge is 0.569 e. The van der Waals surface area contributed by atoms with Gasteiger partial charge in [0.25, 0.3) is 0 Å². The van der Waals surface area contributed by atoms with Crippen molar-refractivity contribution < 1.29 is 15.3 Å². The number of hydrogen-bond donors (Lipinski definition) is 2. The molecule has 0 amide bonds. The molecule has 0 aliphatic carbocycles. The fourth-order valence-electron chi connectivity index (χ4n) is 1.28. The average molecular weight is 185 g/mol. The van der Waals surface area contributed by atoms with E-state index in [0.29, 0.717) is 6.54 Å². The minimum atomic E-state index is -0.191. The van der Waals surface area contributed by atoms with Crippen molar-refractivity contribution in [2.75, 3.05) is 13.2 Å². The standard InChI is InChI=1S/C5H11N3O3.Na.H/c9-4-5-2-1-3-7(5)8(11)6-10;;/h5,9-10H,1-4H2;;. The molecule has 0 bridgehead atoms. The van der Waals surface area contributed by atoms with Gasteiger partial charge in [-0.1, -0.05) is 0 Å². The first kappa shape index (κ1) is 12.0. The van der Waals surface area contributed by atoms with E-state index in [1.165, 1.54) is 5.01 Å². The quantitative estimate of drug-likeness (QED) is 0.252. The van der Waals surface area contributed by atoms with Crippen molar-refractivity contribution in [3.63, 3.8) is 0 Å². The summed E-state index contributed by atoms with van der Waals surface area (Å²) in [5.74, 6) is 0. The van der Waals surface area contributed by atoms with Crippen LogP contribution in [0.2, 0.25) is 0 Å². The fraction of sp³-hybridized carbons (Fsp3) is 1.00. The summed E-state index contributed by atoms with van der Waals surface area (Å²) >= 11 is 0. The van der Waals surface area contributed by atoms with E-state index in [2.05, 4.69) is 5.28 Å². The summed E-state index contributed by atoms with van der Waals surface area (Å²) in [6.07, 6.45) is 1.62. The molecular formula is C5H12N3NaO3. The van der Waals surface area contributed by atoms with E-state index in [-0.39, 0.29) is 47.2 Å². The van der Waals surface area contributed by atoms with Crippen LogP contribution in [0.3, 0.4) is 0 Å². The smallest absolute Gasteiger partial charge is 0.230 e. The predicted molar refractivity (Wildman–Crippen MR) is 41.8 cm³/mol. The van der Waals surface area contributed by atoms with Gasteiger partial charge in [0.05, 0.1) is 18.1 Å². The first-order valence-corrected chi connectivity index (χ1v) is 3.49. The molecule has 1 atom stereocenters. The van der Waals surface area contributed by atoms with E-state index in [9.17, 15) is 5.21 Å². The first-order chi connectivity index (χ1) is 5.29. The van der Waals surface area contributed by atoms with Crippen molar-refractivity contribution >= 4 is 29.6 Å². The van der Waals surface area contributed by atoms with Crippen LogP contribution in [-0.4, -0.2) is 69.0 Å². The monoisotopic (exact) mass is 185 g/mol. The fourth-order valence-corrected chi connectivity index (χ4v) is 1.28. The maximum Gasteiger partial charge on any atom is 0.230 e. The summed E-state index contributed by atoms with van der Waals surface area (Å²) in [7, 11) is 0. The normalized spacial score (nSPS) is 23.9. The second kappa shape index (κ2) is 5.58. The molecular weight excluding hydrogens is 173 g/mol. The topological polar surface area (TPSA) is 82.1 Å². The van der Waals surface area contributed by atoms with Crippen LogP contribution in [0.4, 0.5) is 0 Å². The Bertz CT molecular complexity index is 166. The number of nitrogens with zero attached hydrogens (tertiary/aromatic N) is 3.